The van der Waals surface area contributed by atoms with Crippen molar-refractivity contribution in [2.24, 2.45) is 16.8 Å². The van der Waals surface area contributed by atoms with Crippen LogP contribution >= 0.6 is 0 Å². The van der Waals surface area contributed by atoms with Crippen molar-refractivity contribution in [2.75, 3.05) is 18.0 Å². The highest BCUT2D eigenvalue weighted by Crippen LogP contribution is 2.29. The van der Waals surface area contributed by atoms with Gasteiger partial charge in [-0.1, -0.05) is 12.1 Å². The molecule has 1 heterocycles. The third kappa shape index (κ3) is 2.81. The summed E-state index contributed by atoms with van der Waals surface area (Å²) in [5.41, 5.74) is 6.76. The average molecular weight is 278 g/mol. The van der Waals surface area contributed by atoms with Crippen LogP contribution < -0.4 is 10.6 Å². The number of non-ortho nitro benzene ring substituents is 1. The average Bonchev–Trinajstić information content (AvgIpc) is 2.46. The van der Waals surface area contributed by atoms with Gasteiger partial charge >= 0.3 is 0 Å². The van der Waals surface area contributed by atoms with Crippen LogP contribution in [0.3, 0.4) is 0 Å². The van der Waals surface area contributed by atoms with E-state index in [1.165, 1.54) is 12.1 Å². The number of oxime groups is 1. The summed E-state index contributed by atoms with van der Waals surface area (Å²) in [6, 6.07) is 4.46. The van der Waals surface area contributed by atoms with E-state index < -0.39 is 4.92 Å². The van der Waals surface area contributed by atoms with Crippen LogP contribution in [0.4, 0.5) is 11.4 Å². The van der Waals surface area contributed by atoms with Crippen molar-refractivity contribution in [3.63, 3.8) is 0 Å². The van der Waals surface area contributed by atoms with Crippen molar-refractivity contribution >= 4 is 17.2 Å². The minimum Gasteiger partial charge on any atom is -0.409 e. The van der Waals surface area contributed by atoms with Gasteiger partial charge in [0.2, 0.25) is 0 Å². The third-order valence-corrected chi connectivity index (χ3v) is 3.70. The molecular weight excluding hydrogens is 260 g/mol. The van der Waals surface area contributed by atoms with E-state index in [-0.39, 0.29) is 11.5 Å². The topological polar surface area (TPSA) is 105 Å². The first-order chi connectivity index (χ1) is 9.52. The van der Waals surface area contributed by atoms with E-state index in [0.717, 1.165) is 31.6 Å². The molecule has 1 aromatic carbocycles. The molecule has 0 spiro atoms. The van der Waals surface area contributed by atoms with Crippen LogP contribution in [0.5, 0.6) is 0 Å². The number of anilines is 1. The first kappa shape index (κ1) is 14.1. The molecule has 1 aliphatic rings. The maximum Gasteiger partial charge on any atom is 0.270 e. The predicted molar refractivity (Wildman–Crippen MR) is 76.2 cm³/mol. The Kier molecular flexibility index (Phi) is 4.07. The van der Waals surface area contributed by atoms with Crippen molar-refractivity contribution in [3.05, 3.63) is 33.9 Å². The molecule has 0 atom stereocenters. The lowest BCUT2D eigenvalue weighted by Crippen LogP contribution is -2.34. The van der Waals surface area contributed by atoms with Crippen LogP contribution in [0, 0.1) is 16.0 Å². The largest absolute Gasteiger partial charge is 0.409 e. The second kappa shape index (κ2) is 5.77. The Labute approximate surface area is 116 Å². The molecule has 0 aliphatic carbocycles. The molecule has 0 unspecified atom stereocenters. The van der Waals surface area contributed by atoms with E-state index in [2.05, 4.69) is 17.0 Å². The highest BCUT2D eigenvalue weighted by atomic mass is 16.6. The number of nitrogens with zero attached hydrogens (tertiary/aromatic N) is 3. The predicted octanol–water partition coefficient (Wildman–Crippen LogP) is 1.93. The number of benzene rings is 1. The summed E-state index contributed by atoms with van der Waals surface area (Å²) in [6.07, 6.45) is 2.12. The van der Waals surface area contributed by atoms with E-state index in [1.54, 1.807) is 6.07 Å². The summed E-state index contributed by atoms with van der Waals surface area (Å²) in [5, 5.41) is 22.7. The van der Waals surface area contributed by atoms with Crippen LogP contribution in [-0.2, 0) is 0 Å². The van der Waals surface area contributed by atoms with Gasteiger partial charge in [-0.25, -0.2) is 0 Å². The summed E-state index contributed by atoms with van der Waals surface area (Å²) in [4.78, 5) is 12.5. The first-order valence-electron chi connectivity index (χ1n) is 6.54. The van der Waals surface area contributed by atoms with Gasteiger partial charge in [0.25, 0.3) is 5.69 Å². The van der Waals surface area contributed by atoms with Crippen molar-refractivity contribution < 1.29 is 10.1 Å². The Morgan fingerprint density at radius 2 is 2.15 bits per heavy atom. The number of amidine groups is 1. The van der Waals surface area contributed by atoms with Crippen molar-refractivity contribution in [3.8, 4) is 0 Å². The molecule has 7 nitrogen and oxygen atoms in total. The Balaban J connectivity index is 2.39. The second-order valence-corrected chi connectivity index (χ2v) is 5.11. The van der Waals surface area contributed by atoms with Gasteiger partial charge in [0.05, 0.1) is 10.5 Å². The number of nitrogens with two attached hydrogens (primary N) is 1. The fourth-order valence-electron chi connectivity index (χ4n) is 2.42. The molecular formula is C13H18N4O3. The van der Waals surface area contributed by atoms with Gasteiger partial charge in [-0.2, -0.15) is 0 Å². The molecule has 1 saturated heterocycles. The summed E-state index contributed by atoms with van der Waals surface area (Å²) in [7, 11) is 0. The van der Waals surface area contributed by atoms with Crippen LogP contribution in [-0.4, -0.2) is 29.1 Å². The summed E-state index contributed by atoms with van der Waals surface area (Å²) in [5.74, 6) is 0.568. The van der Waals surface area contributed by atoms with Crippen molar-refractivity contribution in [1.82, 2.24) is 0 Å². The van der Waals surface area contributed by atoms with Crippen LogP contribution in [0.15, 0.2) is 23.4 Å². The van der Waals surface area contributed by atoms with Gasteiger partial charge in [0.15, 0.2) is 5.84 Å². The molecule has 0 saturated carbocycles. The quantitative estimate of drug-likeness (QED) is 0.289. The lowest BCUT2D eigenvalue weighted by molar-refractivity contribution is -0.384. The van der Waals surface area contributed by atoms with E-state index in [1.807, 2.05) is 0 Å². The maximum atomic E-state index is 10.8. The molecule has 1 aromatic rings. The van der Waals surface area contributed by atoms with Gasteiger partial charge in [-0.05, 0) is 24.8 Å². The minimum atomic E-state index is -0.490. The molecule has 1 fully saturated rings. The van der Waals surface area contributed by atoms with Crippen LogP contribution in [0.25, 0.3) is 0 Å². The summed E-state index contributed by atoms with van der Waals surface area (Å²) < 4.78 is 0. The number of piperidine rings is 1. The third-order valence-electron chi connectivity index (χ3n) is 3.70. The van der Waals surface area contributed by atoms with E-state index in [9.17, 15) is 10.1 Å². The maximum absolute atomic E-state index is 10.8. The molecule has 0 bridgehead atoms. The Morgan fingerprint density at radius 1 is 1.50 bits per heavy atom. The van der Waals surface area contributed by atoms with E-state index in [4.69, 9.17) is 10.9 Å². The Morgan fingerprint density at radius 3 is 2.70 bits per heavy atom. The standard InChI is InChI=1S/C13H18N4O3/c1-9-4-6-16(7-5-9)12-3-2-10(17(19)20)8-11(12)13(14)15-18/h2-3,8-9,18H,4-7H2,1H3,(H2,14,15). The highest BCUT2D eigenvalue weighted by Gasteiger charge is 2.21. The monoisotopic (exact) mass is 278 g/mol. The van der Waals surface area contributed by atoms with Gasteiger partial charge in [-0.3, -0.25) is 10.1 Å². The molecule has 0 radical (unpaired) electrons. The summed E-state index contributed by atoms with van der Waals surface area (Å²) in [6.45, 7) is 3.94. The first-order valence-corrected chi connectivity index (χ1v) is 6.54. The fourth-order valence-corrected chi connectivity index (χ4v) is 2.42. The minimum absolute atomic E-state index is 0.0688. The van der Waals surface area contributed by atoms with Gasteiger partial charge < -0.3 is 15.8 Å². The number of hydrogen-bond donors (Lipinski definition) is 2. The second-order valence-electron chi connectivity index (χ2n) is 5.11. The highest BCUT2D eigenvalue weighted by molar-refractivity contribution is 6.02. The lowest BCUT2D eigenvalue weighted by atomic mass is 9.98. The van der Waals surface area contributed by atoms with E-state index in [0.29, 0.717) is 11.5 Å². The molecule has 20 heavy (non-hydrogen) atoms. The molecule has 0 amide bonds. The number of hydrogen-bond acceptors (Lipinski definition) is 5. The number of nitro groups is 1. The molecule has 3 N–H and O–H groups in total. The number of rotatable bonds is 3. The number of nitro benzene ring substituents is 1. The van der Waals surface area contributed by atoms with Crippen LogP contribution in [0.1, 0.15) is 25.3 Å². The zero-order valence-electron chi connectivity index (χ0n) is 11.3. The van der Waals surface area contributed by atoms with Crippen LogP contribution in [0.2, 0.25) is 0 Å². The van der Waals surface area contributed by atoms with Gasteiger partial charge in [0.1, 0.15) is 0 Å². The SMILES string of the molecule is CC1CCN(c2ccc([N+](=O)[O-])cc2C(N)=NO)CC1. The van der Waals surface area contributed by atoms with E-state index >= 15 is 0 Å². The molecule has 108 valence electrons. The molecule has 7 heteroatoms. The fraction of sp³-hybridized carbons (Fsp3) is 0.462. The van der Waals surface area contributed by atoms with Crippen molar-refractivity contribution in [1.29, 1.82) is 0 Å². The molecule has 2 rings (SSSR count). The zero-order chi connectivity index (χ0) is 14.7. The Bertz CT molecular complexity index is 536. The molecule has 1 aliphatic heterocycles. The van der Waals surface area contributed by atoms with Crippen molar-refractivity contribution in [2.45, 2.75) is 19.8 Å². The molecule has 0 aromatic heterocycles. The lowest BCUT2D eigenvalue weighted by Gasteiger charge is -2.33. The summed E-state index contributed by atoms with van der Waals surface area (Å²) >= 11 is 0. The smallest absolute Gasteiger partial charge is 0.270 e. The Hall–Kier alpha value is -2.31. The van der Waals surface area contributed by atoms with Gasteiger partial charge in [-0.15, -0.1) is 0 Å². The van der Waals surface area contributed by atoms with Gasteiger partial charge in [0, 0.05) is 30.9 Å². The normalized spacial score (nSPS) is 17.2. The zero-order valence-corrected chi connectivity index (χ0v) is 11.3.